The summed E-state index contributed by atoms with van der Waals surface area (Å²) in [5, 5.41) is 34.1. The molecule has 0 spiro atoms. The maximum Gasteiger partial charge on any atom is 0.326 e. The minimum Gasteiger partial charge on any atom is -0.481 e. The second-order valence-corrected chi connectivity index (χ2v) is 13.7. The summed E-state index contributed by atoms with van der Waals surface area (Å²) in [5.41, 5.74) is 3.39. The lowest BCUT2D eigenvalue weighted by Crippen LogP contribution is -2.57. The number of anilines is 1. The van der Waals surface area contributed by atoms with Gasteiger partial charge in [0, 0.05) is 42.7 Å². The first-order valence-electron chi connectivity index (χ1n) is 17.2. The van der Waals surface area contributed by atoms with Gasteiger partial charge in [0.05, 0.1) is 0 Å². The normalized spacial score (nSPS) is 20.3. The minimum absolute atomic E-state index is 0.0707. The number of benzene rings is 3. The van der Waals surface area contributed by atoms with Crippen molar-refractivity contribution in [2.75, 3.05) is 5.32 Å². The quantitative estimate of drug-likeness (QED) is 0.131. The van der Waals surface area contributed by atoms with Gasteiger partial charge in [0.25, 0.3) is 0 Å². The van der Waals surface area contributed by atoms with Gasteiger partial charge in [-0.15, -0.1) is 11.3 Å². The Morgan fingerprint density at radius 3 is 1.96 bits per heavy atom. The Bertz CT molecular complexity index is 1970. The molecule has 0 radical (unpaired) electrons. The number of carboxylic acid groups (broad SMARTS) is 2. The predicted molar refractivity (Wildman–Crippen MR) is 199 cm³/mol. The van der Waals surface area contributed by atoms with Crippen LogP contribution in [0.15, 0.2) is 96.4 Å². The van der Waals surface area contributed by atoms with Crippen LogP contribution in [0, 0.1) is 0 Å². The molecule has 2 aliphatic rings. The molecule has 1 aromatic heterocycles. The first-order chi connectivity index (χ1) is 25.9. The Hall–Kier alpha value is -6.35. The van der Waals surface area contributed by atoms with Gasteiger partial charge >= 0.3 is 11.9 Å². The summed E-state index contributed by atoms with van der Waals surface area (Å²) in [7, 11) is 0. The number of nitrogens with one attached hydrogen (secondary N) is 5. The number of rotatable bonds is 8. The van der Waals surface area contributed by atoms with E-state index < -0.39 is 72.1 Å². The van der Waals surface area contributed by atoms with Gasteiger partial charge in [0.2, 0.25) is 29.5 Å². The van der Waals surface area contributed by atoms with Crippen molar-refractivity contribution >= 4 is 58.5 Å². The zero-order valence-corrected chi connectivity index (χ0v) is 29.8. The Balaban J connectivity index is 1.48. The van der Waals surface area contributed by atoms with Crippen molar-refractivity contribution in [1.29, 1.82) is 0 Å². The molecule has 3 aromatic carbocycles. The van der Waals surface area contributed by atoms with E-state index in [9.17, 15) is 43.8 Å². The van der Waals surface area contributed by atoms with Gasteiger partial charge in [-0.25, -0.2) is 4.79 Å². The molecule has 2 aliphatic heterocycles. The first-order valence-corrected chi connectivity index (χ1v) is 18.0. The van der Waals surface area contributed by atoms with E-state index in [1.807, 2.05) is 42.5 Å². The van der Waals surface area contributed by atoms with Crippen molar-refractivity contribution < 1.29 is 43.8 Å². The predicted octanol–water partition coefficient (Wildman–Crippen LogP) is 3.19. The number of fused-ring (bicyclic) bond motifs is 18. The number of carboxylic acids is 2. The Kier molecular flexibility index (Phi) is 13.3. The molecular formula is C39H39N5O9S. The lowest BCUT2D eigenvalue weighted by atomic mass is 9.99. The van der Waals surface area contributed by atoms with Crippen LogP contribution in [0.1, 0.15) is 47.7 Å². The second-order valence-electron chi connectivity index (χ2n) is 12.7. The van der Waals surface area contributed by atoms with Gasteiger partial charge in [-0.3, -0.25) is 28.8 Å². The van der Waals surface area contributed by atoms with Crippen LogP contribution < -0.4 is 26.6 Å². The van der Waals surface area contributed by atoms with Crippen LogP contribution in [0.25, 0.3) is 11.1 Å². The van der Waals surface area contributed by atoms with Gasteiger partial charge in [0.1, 0.15) is 24.2 Å². The van der Waals surface area contributed by atoms with E-state index in [0.717, 1.165) is 11.1 Å². The highest BCUT2D eigenvalue weighted by Gasteiger charge is 2.33. The van der Waals surface area contributed by atoms with Gasteiger partial charge in [-0.1, -0.05) is 72.8 Å². The molecule has 1 unspecified atom stereocenters. The Labute approximate surface area is 314 Å². The number of hydrogen-bond acceptors (Lipinski definition) is 8. The van der Waals surface area contributed by atoms with Crippen molar-refractivity contribution in [3.8, 4) is 11.1 Å². The molecule has 15 heteroatoms. The maximum absolute atomic E-state index is 14.1. The highest BCUT2D eigenvalue weighted by molar-refractivity contribution is 7.10. The summed E-state index contributed by atoms with van der Waals surface area (Å²) in [6, 6.07) is 20.8. The molecular weight excluding hydrogens is 715 g/mol. The molecule has 280 valence electrons. The molecule has 3 heterocycles. The van der Waals surface area contributed by atoms with Crippen LogP contribution in [-0.4, -0.2) is 69.8 Å². The Morgan fingerprint density at radius 1 is 0.667 bits per heavy atom. The van der Waals surface area contributed by atoms with Crippen LogP contribution in [0.5, 0.6) is 0 Å². The Morgan fingerprint density at radius 2 is 1.31 bits per heavy atom. The zero-order valence-electron chi connectivity index (χ0n) is 29.0. The van der Waals surface area contributed by atoms with Crippen molar-refractivity contribution in [2.24, 2.45) is 0 Å². The third-order valence-electron chi connectivity index (χ3n) is 8.68. The summed E-state index contributed by atoms with van der Waals surface area (Å²) in [6.45, 7) is 0. The van der Waals surface area contributed by atoms with Crippen LogP contribution in [-0.2, 0) is 46.4 Å². The lowest BCUT2D eigenvalue weighted by Gasteiger charge is -2.26. The topological polar surface area (TPSA) is 220 Å². The summed E-state index contributed by atoms with van der Waals surface area (Å²) < 4.78 is 0. The van der Waals surface area contributed by atoms with E-state index in [1.165, 1.54) is 11.3 Å². The van der Waals surface area contributed by atoms with Gasteiger partial charge in [0.15, 0.2) is 0 Å². The molecule has 0 saturated carbocycles. The average Bonchev–Trinajstić information content (AvgIpc) is 3.70. The standard InChI is InChI=1S/C39H39N5O9S/c45-32-17-18-33(46)44-35(31-7-4-20-54-31)38(51)42-29(21-23-8-12-26(13-9-23)25-5-2-1-3-6-25)37(50)41-28(16-19-34(47)48)36(49)43-30(39(52)53)22-24-10-14-27(40-32)15-11-24/h1-15,20,28-30,35H,16-19,21-22H2,(H,40,45)(H,41,50)(H,42,51)(H,43,49)(H,44,46)(H,47,48)(H,52,53)/t28-,29+,30+,35?/m1/s1. The molecule has 0 fully saturated rings. The monoisotopic (exact) mass is 753 g/mol. The van der Waals surface area contributed by atoms with E-state index in [2.05, 4.69) is 26.6 Å². The van der Waals surface area contributed by atoms with E-state index >= 15 is 0 Å². The number of carbonyl (C=O) groups is 7. The summed E-state index contributed by atoms with van der Waals surface area (Å²) in [6.07, 6.45) is -1.62. The molecule has 2 bridgehead atoms. The average molecular weight is 754 g/mol. The molecule has 5 amide bonds. The smallest absolute Gasteiger partial charge is 0.326 e. The molecule has 0 saturated heterocycles. The number of thiophene rings is 1. The van der Waals surface area contributed by atoms with Crippen LogP contribution in [0.2, 0.25) is 0 Å². The highest BCUT2D eigenvalue weighted by atomic mass is 32.1. The molecule has 7 N–H and O–H groups in total. The van der Waals surface area contributed by atoms with Crippen molar-refractivity contribution in [3.05, 3.63) is 112 Å². The van der Waals surface area contributed by atoms with Crippen molar-refractivity contribution in [3.63, 3.8) is 0 Å². The molecule has 14 nitrogen and oxygen atoms in total. The molecule has 4 aromatic rings. The van der Waals surface area contributed by atoms with Crippen molar-refractivity contribution in [1.82, 2.24) is 21.3 Å². The van der Waals surface area contributed by atoms with E-state index in [-0.39, 0.29) is 32.1 Å². The number of carbonyl (C=O) groups excluding carboxylic acids is 5. The minimum atomic E-state index is -1.49. The third-order valence-corrected chi connectivity index (χ3v) is 9.62. The van der Waals surface area contributed by atoms with Crippen LogP contribution in [0.4, 0.5) is 5.69 Å². The third kappa shape index (κ3) is 11.1. The fourth-order valence-corrected chi connectivity index (χ4v) is 6.58. The van der Waals surface area contributed by atoms with Crippen LogP contribution >= 0.6 is 11.3 Å². The first kappa shape index (κ1) is 38.9. The van der Waals surface area contributed by atoms with E-state index in [1.54, 1.807) is 53.9 Å². The van der Waals surface area contributed by atoms with Gasteiger partial charge in [-0.05, 0) is 52.3 Å². The SMILES string of the molecule is O=C(O)CC[C@H]1NC(=O)[C@H](Cc2ccc(-c3ccccc3)cc2)NC(=O)C(c2cccs2)NC(=O)CCC(=O)Nc2ccc(cc2)C[C@@H](C(=O)O)NC1=O. The summed E-state index contributed by atoms with van der Waals surface area (Å²) in [4.78, 5) is 91.7. The van der Waals surface area contributed by atoms with E-state index in [4.69, 9.17) is 0 Å². The number of aliphatic carboxylic acids is 2. The van der Waals surface area contributed by atoms with Crippen molar-refractivity contribution in [2.45, 2.75) is 62.7 Å². The van der Waals surface area contributed by atoms with Gasteiger partial charge < -0.3 is 36.8 Å². The molecule has 54 heavy (non-hydrogen) atoms. The number of amides is 5. The number of hydrogen-bond donors (Lipinski definition) is 7. The fourth-order valence-electron chi connectivity index (χ4n) is 5.81. The van der Waals surface area contributed by atoms with Crippen LogP contribution in [0.3, 0.4) is 0 Å². The largest absolute Gasteiger partial charge is 0.481 e. The lowest BCUT2D eigenvalue weighted by molar-refractivity contribution is -0.143. The highest BCUT2D eigenvalue weighted by Crippen LogP contribution is 2.22. The zero-order chi connectivity index (χ0) is 38.6. The molecule has 6 rings (SSSR count). The molecule has 4 atom stereocenters. The summed E-state index contributed by atoms with van der Waals surface area (Å²) in [5.74, 6) is -6.22. The fraction of sp³-hybridized carbons (Fsp3) is 0.256. The second kappa shape index (κ2) is 18.4. The van der Waals surface area contributed by atoms with Gasteiger partial charge in [-0.2, -0.15) is 0 Å². The van der Waals surface area contributed by atoms with E-state index in [0.29, 0.717) is 21.7 Å². The molecule has 0 aliphatic carbocycles. The maximum atomic E-state index is 14.1. The summed E-state index contributed by atoms with van der Waals surface area (Å²) >= 11 is 1.19.